The Morgan fingerprint density at radius 1 is 1.13 bits per heavy atom. The Labute approximate surface area is 268 Å². The van der Waals surface area contributed by atoms with E-state index in [0.717, 1.165) is 42.0 Å². The molecule has 1 fully saturated rings. The number of nitrogens with two attached hydrogens (primary N) is 1. The van der Waals surface area contributed by atoms with Crippen LogP contribution in [0.2, 0.25) is 0 Å². The Morgan fingerprint density at radius 3 is 2.58 bits per heavy atom. The second-order valence-corrected chi connectivity index (χ2v) is 12.1. The molecular weight excluding hydrogens is 593 g/mol. The standard InChI is InChI=1S/C24H28FN3O3S.C9H14N4/c1-15-7-8-18(31-15)14-32-10-9-26-24-19-12-21(29-2)22(30-3)13-20(19)27-23(28-24)16-5-4-6-17(25)11-16;1-6(2)4-11-8-7(3)12-5-13-9(8)10/h4-6,11-13,15,18H,7-10,14H2,1-3H3,(H,26,27,28);4-6H,1-3H3,(H2,10,12,13). The summed E-state index contributed by atoms with van der Waals surface area (Å²) < 4.78 is 30.6. The molecule has 0 saturated carbocycles. The zero-order valence-electron chi connectivity index (χ0n) is 26.7. The molecule has 0 spiro atoms. The number of nitrogens with zero attached hydrogens (tertiary/aromatic N) is 5. The van der Waals surface area contributed by atoms with Crippen molar-refractivity contribution < 1.29 is 18.6 Å². The molecule has 3 heterocycles. The second kappa shape index (κ2) is 16.3. The van der Waals surface area contributed by atoms with Crippen LogP contribution in [-0.2, 0) is 4.74 Å². The second-order valence-electron chi connectivity index (χ2n) is 11.0. The third kappa shape index (κ3) is 9.48. The Morgan fingerprint density at radius 2 is 1.91 bits per heavy atom. The predicted molar refractivity (Wildman–Crippen MR) is 182 cm³/mol. The van der Waals surface area contributed by atoms with Gasteiger partial charge in [0.05, 0.1) is 37.6 Å². The van der Waals surface area contributed by atoms with Crippen LogP contribution in [0.5, 0.6) is 11.5 Å². The molecule has 5 rings (SSSR count). The smallest absolute Gasteiger partial charge is 0.162 e. The minimum Gasteiger partial charge on any atom is -0.493 e. The van der Waals surface area contributed by atoms with Crippen molar-refractivity contribution >= 4 is 46.2 Å². The van der Waals surface area contributed by atoms with Gasteiger partial charge in [0.1, 0.15) is 23.6 Å². The fourth-order valence-electron chi connectivity index (χ4n) is 4.68. The Hall–Kier alpha value is -4.03. The number of nitrogens with one attached hydrogen (secondary N) is 1. The molecular formula is C33H42FN7O3S. The Balaban J connectivity index is 0.000000297. The molecule has 1 aliphatic rings. The summed E-state index contributed by atoms with van der Waals surface area (Å²) in [6.07, 6.45) is 6.29. The average Bonchev–Trinajstić information content (AvgIpc) is 3.44. The lowest BCUT2D eigenvalue weighted by atomic mass is 10.1. The normalized spacial score (nSPS) is 16.2. The van der Waals surface area contributed by atoms with Crippen molar-refractivity contribution in [3.8, 4) is 22.9 Å². The monoisotopic (exact) mass is 635 g/mol. The number of hydrogen-bond acceptors (Lipinski definition) is 11. The Kier molecular flexibility index (Phi) is 12.3. The molecule has 1 aliphatic heterocycles. The number of anilines is 2. The first-order chi connectivity index (χ1) is 21.7. The molecule has 0 amide bonds. The van der Waals surface area contributed by atoms with Crippen molar-refractivity contribution in [3.63, 3.8) is 0 Å². The van der Waals surface area contributed by atoms with E-state index in [1.54, 1.807) is 26.4 Å². The van der Waals surface area contributed by atoms with Crippen LogP contribution < -0.4 is 20.5 Å². The van der Waals surface area contributed by atoms with Crippen LogP contribution in [0.25, 0.3) is 22.3 Å². The van der Waals surface area contributed by atoms with Crippen LogP contribution in [0.15, 0.2) is 47.7 Å². The van der Waals surface area contributed by atoms with Crippen molar-refractivity contribution in [1.29, 1.82) is 0 Å². The van der Waals surface area contributed by atoms with Gasteiger partial charge in [0, 0.05) is 41.3 Å². The molecule has 0 bridgehead atoms. The molecule has 2 unspecified atom stereocenters. The van der Waals surface area contributed by atoms with Gasteiger partial charge in [0.15, 0.2) is 23.1 Å². The number of fused-ring (bicyclic) bond motifs is 1. The number of methoxy groups -OCH3 is 2. The van der Waals surface area contributed by atoms with Gasteiger partial charge in [-0.25, -0.2) is 24.3 Å². The number of ether oxygens (including phenoxy) is 3. The molecule has 4 aromatic rings. The number of hydrogen-bond donors (Lipinski definition) is 2. The number of aliphatic imine (C=N–C) groups is 1. The summed E-state index contributed by atoms with van der Waals surface area (Å²) >= 11 is 1.87. The van der Waals surface area contributed by atoms with E-state index in [4.69, 9.17) is 24.9 Å². The topological polar surface area (TPSA) is 130 Å². The molecule has 1 saturated heterocycles. The third-order valence-electron chi connectivity index (χ3n) is 6.98. The van der Waals surface area contributed by atoms with Gasteiger partial charge in [-0.15, -0.1) is 0 Å². The highest BCUT2D eigenvalue weighted by Crippen LogP contribution is 2.35. The van der Waals surface area contributed by atoms with Crippen LogP contribution in [0, 0.1) is 18.7 Å². The van der Waals surface area contributed by atoms with Crippen molar-refractivity contribution in [2.24, 2.45) is 10.9 Å². The lowest BCUT2D eigenvalue weighted by Gasteiger charge is -2.14. The fourth-order valence-corrected chi connectivity index (χ4v) is 5.60. The van der Waals surface area contributed by atoms with E-state index in [0.29, 0.717) is 63.9 Å². The molecule has 10 nitrogen and oxygen atoms in total. The van der Waals surface area contributed by atoms with Crippen LogP contribution in [0.3, 0.4) is 0 Å². The van der Waals surface area contributed by atoms with Crippen LogP contribution in [0.4, 0.5) is 21.7 Å². The van der Waals surface area contributed by atoms with Crippen molar-refractivity contribution in [3.05, 3.63) is 54.2 Å². The van der Waals surface area contributed by atoms with Gasteiger partial charge in [-0.2, -0.15) is 11.8 Å². The van der Waals surface area contributed by atoms with E-state index >= 15 is 0 Å². The largest absolute Gasteiger partial charge is 0.493 e. The van der Waals surface area contributed by atoms with Gasteiger partial charge in [-0.05, 0) is 50.8 Å². The van der Waals surface area contributed by atoms with Crippen LogP contribution in [-0.4, -0.2) is 70.6 Å². The van der Waals surface area contributed by atoms with E-state index in [9.17, 15) is 4.39 Å². The molecule has 2 aromatic carbocycles. The SMILES string of the molecule is COc1cc2nc(-c3cccc(F)c3)nc(NCCSCC3CCC(C)O3)c2cc1OC.Cc1ncnc(N)c1N=CC(C)C. The third-order valence-corrected chi connectivity index (χ3v) is 8.08. The van der Waals surface area contributed by atoms with Gasteiger partial charge in [0.25, 0.3) is 0 Å². The number of rotatable bonds is 11. The first-order valence-corrected chi connectivity index (χ1v) is 16.1. The van der Waals surface area contributed by atoms with Crippen LogP contribution in [0.1, 0.15) is 39.3 Å². The zero-order valence-corrected chi connectivity index (χ0v) is 27.5. The quantitative estimate of drug-likeness (QED) is 0.133. The maximum atomic E-state index is 13.8. The summed E-state index contributed by atoms with van der Waals surface area (Å²) in [5.41, 5.74) is 8.44. The summed E-state index contributed by atoms with van der Waals surface area (Å²) in [4.78, 5) is 21.5. The summed E-state index contributed by atoms with van der Waals surface area (Å²) in [7, 11) is 3.19. The maximum absolute atomic E-state index is 13.8. The fraction of sp³-hybridized carbons (Fsp3) is 0.424. The van der Waals surface area contributed by atoms with E-state index in [-0.39, 0.29) is 5.82 Å². The van der Waals surface area contributed by atoms with Gasteiger partial charge in [-0.3, -0.25) is 4.99 Å². The summed E-state index contributed by atoms with van der Waals surface area (Å²) in [6.45, 7) is 8.84. The number of halogens is 1. The molecule has 240 valence electrons. The first kappa shape index (κ1) is 33.9. The van der Waals surface area contributed by atoms with Gasteiger partial charge in [-0.1, -0.05) is 26.0 Å². The highest BCUT2D eigenvalue weighted by molar-refractivity contribution is 7.99. The van der Waals surface area contributed by atoms with Crippen molar-refractivity contribution in [1.82, 2.24) is 19.9 Å². The van der Waals surface area contributed by atoms with Crippen LogP contribution >= 0.6 is 11.8 Å². The van der Waals surface area contributed by atoms with E-state index in [2.05, 4.69) is 46.0 Å². The number of nitrogen functional groups attached to an aromatic ring is 1. The van der Waals surface area contributed by atoms with Crippen molar-refractivity contribution in [2.75, 3.05) is 43.3 Å². The maximum Gasteiger partial charge on any atom is 0.162 e. The molecule has 2 aromatic heterocycles. The van der Waals surface area contributed by atoms with E-state index in [1.165, 1.54) is 18.5 Å². The average molecular weight is 636 g/mol. The highest BCUT2D eigenvalue weighted by Gasteiger charge is 2.21. The molecule has 2 atom stereocenters. The summed E-state index contributed by atoms with van der Waals surface area (Å²) in [5, 5.41) is 4.25. The number of aryl methyl sites for hydroxylation is 1. The molecule has 3 N–H and O–H groups in total. The zero-order chi connectivity index (χ0) is 32.3. The molecule has 45 heavy (non-hydrogen) atoms. The summed E-state index contributed by atoms with van der Waals surface area (Å²) in [6, 6.07) is 9.98. The minimum atomic E-state index is -0.326. The lowest BCUT2D eigenvalue weighted by molar-refractivity contribution is 0.0700. The minimum absolute atomic E-state index is 0.326. The van der Waals surface area contributed by atoms with Gasteiger partial charge in [0.2, 0.25) is 0 Å². The highest BCUT2D eigenvalue weighted by atomic mass is 32.2. The molecule has 0 aliphatic carbocycles. The van der Waals surface area contributed by atoms with E-state index in [1.807, 2.05) is 37.0 Å². The number of thioether (sulfide) groups is 1. The first-order valence-electron chi connectivity index (χ1n) is 15.0. The number of benzene rings is 2. The lowest BCUT2D eigenvalue weighted by Crippen LogP contribution is -2.13. The van der Waals surface area contributed by atoms with Gasteiger partial charge >= 0.3 is 0 Å². The van der Waals surface area contributed by atoms with E-state index < -0.39 is 0 Å². The van der Waals surface area contributed by atoms with Gasteiger partial charge < -0.3 is 25.3 Å². The predicted octanol–water partition coefficient (Wildman–Crippen LogP) is 6.89. The number of aromatic nitrogens is 4. The van der Waals surface area contributed by atoms with Crippen molar-refractivity contribution in [2.45, 2.75) is 52.7 Å². The Bertz CT molecular complexity index is 1580. The molecule has 0 radical (unpaired) electrons. The summed E-state index contributed by atoms with van der Waals surface area (Å²) in [5.74, 6) is 4.74. The molecule has 12 heteroatoms.